The Kier molecular flexibility index (Phi) is 5.00. The Bertz CT molecular complexity index is 1930. The van der Waals surface area contributed by atoms with Crippen molar-refractivity contribution in [2.45, 2.75) is 24.3 Å². The number of aromatic amines is 1. The van der Waals surface area contributed by atoms with Gasteiger partial charge in [0.15, 0.2) is 5.43 Å². The van der Waals surface area contributed by atoms with Crippen LogP contribution in [-0.2, 0) is 16.6 Å². The summed E-state index contributed by atoms with van der Waals surface area (Å²) in [7, 11) is -4.86. The fourth-order valence-corrected chi connectivity index (χ4v) is 5.65. The van der Waals surface area contributed by atoms with Crippen LogP contribution in [-0.4, -0.2) is 31.1 Å². The van der Waals surface area contributed by atoms with Crippen LogP contribution in [0.1, 0.15) is 24.1 Å². The maximum absolute atomic E-state index is 13.9. The number of aryl methyl sites for hydroxylation is 1. The van der Waals surface area contributed by atoms with Gasteiger partial charge < -0.3 is 14.9 Å². The minimum absolute atomic E-state index is 0.0944. The second kappa shape index (κ2) is 8.01. The number of pyridine rings is 1. The lowest BCUT2D eigenvalue weighted by Gasteiger charge is -2.32. The zero-order valence-corrected chi connectivity index (χ0v) is 20.1. The second-order valence-corrected chi connectivity index (χ2v) is 10.4. The Morgan fingerprint density at radius 2 is 1.92 bits per heavy atom. The predicted octanol–water partition coefficient (Wildman–Crippen LogP) is 4.54. The Morgan fingerprint density at radius 1 is 1.11 bits per heavy atom. The first-order chi connectivity index (χ1) is 17.3. The number of nitriles is 1. The van der Waals surface area contributed by atoms with Gasteiger partial charge in [-0.05, 0) is 59.5 Å². The van der Waals surface area contributed by atoms with Gasteiger partial charge in [0, 0.05) is 29.4 Å². The van der Waals surface area contributed by atoms with Crippen molar-refractivity contribution >= 4 is 43.1 Å². The van der Waals surface area contributed by atoms with Gasteiger partial charge in [-0.15, -0.1) is 3.89 Å². The van der Waals surface area contributed by atoms with Crippen LogP contribution in [0.5, 0.6) is 0 Å². The molecule has 0 radical (unpaired) electrons. The fourth-order valence-electron chi connectivity index (χ4n) is 5.14. The summed E-state index contributed by atoms with van der Waals surface area (Å²) < 4.78 is 39.0. The zero-order valence-electron chi connectivity index (χ0n) is 19.3. The van der Waals surface area contributed by atoms with E-state index >= 15 is 0 Å². The highest BCUT2D eigenvalue weighted by atomic mass is 32.3. The van der Waals surface area contributed by atoms with Gasteiger partial charge >= 0.3 is 10.2 Å². The third kappa shape index (κ3) is 3.33. The highest BCUT2D eigenvalue weighted by molar-refractivity contribution is 7.86. The average molecular weight is 501 g/mol. The smallest absolute Gasteiger partial charge is 0.332 e. The molecule has 7 nitrogen and oxygen atoms in total. The van der Waals surface area contributed by atoms with Crippen molar-refractivity contribution in [1.82, 2.24) is 14.9 Å². The van der Waals surface area contributed by atoms with Crippen molar-refractivity contribution < 1.29 is 12.3 Å². The number of fused-ring (bicyclic) bond motifs is 4. The summed E-state index contributed by atoms with van der Waals surface area (Å²) >= 11 is 0. The quantitative estimate of drug-likeness (QED) is 0.352. The molecule has 1 aliphatic rings. The number of halogens is 1. The summed E-state index contributed by atoms with van der Waals surface area (Å²) in [4.78, 5) is 16.8. The Balaban J connectivity index is 1.74. The van der Waals surface area contributed by atoms with Crippen LogP contribution in [0.25, 0.3) is 44.0 Å². The van der Waals surface area contributed by atoms with E-state index in [0.717, 1.165) is 29.6 Å². The molecule has 5 aromatic rings. The highest BCUT2D eigenvalue weighted by Crippen LogP contribution is 2.35. The lowest BCUT2D eigenvalue weighted by molar-refractivity contribution is 0.357. The summed E-state index contributed by atoms with van der Waals surface area (Å²) in [5.74, 6) is 0. The third-order valence-corrected chi connectivity index (χ3v) is 7.85. The molecule has 6 rings (SSSR count). The molecule has 1 saturated heterocycles. The van der Waals surface area contributed by atoms with Crippen molar-refractivity contribution in [3.05, 3.63) is 75.9 Å². The largest absolute Gasteiger partial charge is 0.340 e. The van der Waals surface area contributed by atoms with Crippen LogP contribution in [0.4, 0.5) is 3.89 Å². The van der Waals surface area contributed by atoms with E-state index in [4.69, 9.17) is 0 Å². The molecule has 180 valence electrons. The average Bonchev–Trinajstić information content (AvgIpc) is 3.22. The molecule has 0 spiro atoms. The van der Waals surface area contributed by atoms with Crippen molar-refractivity contribution in [1.29, 1.82) is 5.26 Å². The van der Waals surface area contributed by atoms with E-state index in [0.29, 0.717) is 45.0 Å². The van der Waals surface area contributed by atoms with E-state index in [1.165, 1.54) is 18.2 Å². The zero-order chi connectivity index (χ0) is 25.2. The van der Waals surface area contributed by atoms with Gasteiger partial charge in [0.2, 0.25) is 0 Å². The second-order valence-electron chi connectivity index (χ2n) is 9.08. The van der Waals surface area contributed by atoms with Crippen LogP contribution < -0.4 is 10.7 Å². The number of hydrogen-bond donors (Lipinski definition) is 2. The predicted molar refractivity (Wildman–Crippen MR) is 137 cm³/mol. The first kappa shape index (κ1) is 22.5. The summed E-state index contributed by atoms with van der Waals surface area (Å²) in [6.07, 6.45) is 0.597. The number of hydrogen-bond acceptors (Lipinski definition) is 5. The summed E-state index contributed by atoms with van der Waals surface area (Å²) in [6.45, 7) is 3.42. The van der Waals surface area contributed by atoms with Crippen molar-refractivity contribution in [2.24, 2.45) is 0 Å². The molecule has 1 aliphatic heterocycles. The van der Waals surface area contributed by atoms with Crippen LogP contribution in [0.2, 0.25) is 0 Å². The number of benzene rings is 3. The molecule has 0 amide bonds. The lowest BCUT2D eigenvalue weighted by Crippen LogP contribution is -2.44. The number of aromatic nitrogens is 2. The molecule has 3 heterocycles. The molecular formula is C27H21FN4O3S. The van der Waals surface area contributed by atoms with Crippen molar-refractivity contribution in [3.8, 4) is 17.2 Å². The van der Waals surface area contributed by atoms with Crippen LogP contribution in [0, 0.1) is 11.3 Å². The van der Waals surface area contributed by atoms with Gasteiger partial charge in [-0.1, -0.05) is 25.1 Å². The van der Waals surface area contributed by atoms with Gasteiger partial charge in [0.05, 0.1) is 33.5 Å². The maximum Gasteiger partial charge on any atom is 0.332 e. The summed E-state index contributed by atoms with van der Waals surface area (Å²) in [6, 6.07) is 17.1. The molecule has 9 heteroatoms. The number of nitrogens with one attached hydrogen (secondary N) is 2. The van der Waals surface area contributed by atoms with Crippen molar-refractivity contribution in [3.63, 3.8) is 0 Å². The first-order valence-corrected chi connectivity index (χ1v) is 13.0. The van der Waals surface area contributed by atoms with E-state index < -0.39 is 15.1 Å². The molecule has 0 unspecified atom stereocenters. The Labute approximate surface area is 206 Å². The number of H-pyrrole nitrogens is 1. The fraction of sp³-hybridized carbons (Fsp3) is 0.185. The molecule has 36 heavy (non-hydrogen) atoms. The minimum atomic E-state index is -4.86. The van der Waals surface area contributed by atoms with Gasteiger partial charge in [0.25, 0.3) is 0 Å². The molecule has 0 bridgehead atoms. The third-order valence-electron chi connectivity index (χ3n) is 7.03. The maximum atomic E-state index is 13.9. The standard InChI is InChI=1S/C27H21FN4O3S/c1-2-16-10-22-24(11-21(16)17-4-3-5-19(9-17)36(28,34)35)32(18-13-30-14-18)27-25(26(22)33)20-7-6-15(12-29)8-23(20)31-27/h3-11,18,30-31H,2,13-14H2,1H3. The number of nitrogens with zero attached hydrogens (tertiary/aromatic N) is 2. The van der Waals surface area contributed by atoms with Gasteiger partial charge in [0.1, 0.15) is 5.65 Å². The van der Waals surface area contributed by atoms with Crippen LogP contribution in [0.15, 0.2) is 64.3 Å². The highest BCUT2D eigenvalue weighted by Gasteiger charge is 2.26. The molecule has 1 fully saturated rings. The van der Waals surface area contributed by atoms with Crippen molar-refractivity contribution in [2.75, 3.05) is 13.1 Å². The molecule has 0 saturated carbocycles. The van der Waals surface area contributed by atoms with E-state index in [9.17, 15) is 22.4 Å². The molecule has 3 aromatic carbocycles. The van der Waals surface area contributed by atoms with E-state index in [2.05, 4.69) is 20.9 Å². The first-order valence-electron chi connectivity index (χ1n) is 11.6. The molecule has 0 atom stereocenters. The molecule has 2 N–H and O–H groups in total. The molecular weight excluding hydrogens is 479 g/mol. The Hall–Kier alpha value is -4.00. The number of rotatable bonds is 4. The molecule has 2 aromatic heterocycles. The van der Waals surface area contributed by atoms with E-state index in [1.807, 2.05) is 19.1 Å². The molecule has 0 aliphatic carbocycles. The normalized spacial score (nSPS) is 14.4. The van der Waals surface area contributed by atoms with Crippen LogP contribution >= 0.6 is 0 Å². The summed E-state index contributed by atoms with van der Waals surface area (Å²) in [5, 5.41) is 14.5. The summed E-state index contributed by atoms with van der Waals surface area (Å²) in [5.41, 5.74) is 4.67. The minimum Gasteiger partial charge on any atom is -0.340 e. The van der Waals surface area contributed by atoms with E-state index in [1.54, 1.807) is 24.3 Å². The van der Waals surface area contributed by atoms with Gasteiger partial charge in [-0.25, -0.2) is 0 Å². The SMILES string of the molecule is CCc1cc2c(=O)c3c4ccc(C#N)cc4[nH]c3n(C3CNC3)c2cc1-c1cccc(S(=O)(=O)F)c1. The monoisotopic (exact) mass is 500 g/mol. The van der Waals surface area contributed by atoms with Crippen LogP contribution in [0.3, 0.4) is 0 Å². The topological polar surface area (TPSA) is 108 Å². The Morgan fingerprint density at radius 3 is 2.58 bits per heavy atom. The van der Waals surface area contributed by atoms with Gasteiger partial charge in [-0.3, -0.25) is 4.79 Å². The lowest BCUT2D eigenvalue weighted by atomic mass is 9.94. The van der Waals surface area contributed by atoms with Gasteiger partial charge in [-0.2, -0.15) is 13.7 Å². The van der Waals surface area contributed by atoms with E-state index in [-0.39, 0.29) is 11.5 Å².